The van der Waals surface area contributed by atoms with Gasteiger partial charge in [-0.1, -0.05) is 0 Å². The average Bonchev–Trinajstić information content (AvgIpc) is 2.14. The Balaban J connectivity index is 3.64. The first kappa shape index (κ1) is 15.2. The second kappa shape index (κ2) is 7.43. The van der Waals surface area contributed by atoms with Crippen molar-refractivity contribution in [2.45, 2.75) is 26.4 Å². The first-order valence-electron chi connectivity index (χ1n) is 5.24. The van der Waals surface area contributed by atoms with Crippen molar-refractivity contribution in [2.75, 3.05) is 33.4 Å². The van der Waals surface area contributed by atoms with Crippen molar-refractivity contribution in [1.29, 1.82) is 0 Å². The van der Waals surface area contributed by atoms with Gasteiger partial charge in [0.05, 0.1) is 19.8 Å². The van der Waals surface area contributed by atoms with Gasteiger partial charge in [-0.25, -0.2) is 4.79 Å². The Morgan fingerprint density at radius 1 is 1.25 bits per heavy atom. The molecule has 0 aliphatic carbocycles. The van der Waals surface area contributed by atoms with Gasteiger partial charge in [-0.2, -0.15) is 5.06 Å². The maximum Gasteiger partial charge on any atom is 0.434 e. The second-order valence-corrected chi connectivity index (χ2v) is 4.21. The van der Waals surface area contributed by atoms with E-state index in [4.69, 9.17) is 20.0 Å². The zero-order valence-electron chi connectivity index (χ0n) is 10.5. The predicted octanol–water partition coefficient (Wildman–Crippen LogP) is 0.760. The lowest BCUT2D eigenvalue weighted by Gasteiger charge is -2.23. The molecule has 96 valence electrons. The third-order valence-electron chi connectivity index (χ3n) is 1.43. The fourth-order valence-corrected chi connectivity index (χ4v) is 0.797. The van der Waals surface area contributed by atoms with E-state index in [9.17, 15) is 4.79 Å². The number of carbonyl (C=O) groups is 1. The summed E-state index contributed by atoms with van der Waals surface area (Å²) < 4.78 is 10.2. The summed E-state index contributed by atoms with van der Waals surface area (Å²) in [6.45, 7) is 7.02. The molecule has 0 aromatic rings. The quantitative estimate of drug-likeness (QED) is 0.542. The molecule has 1 amide bonds. The molecule has 0 saturated heterocycles. The van der Waals surface area contributed by atoms with E-state index in [1.807, 2.05) is 0 Å². The fraction of sp³-hybridized carbons (Fsp3) is 0.900. The van der Waals surface area contributed by atoms with Crippen molar-refractivity contribution in [3.05, 3.63) is 0 Å². The minimum atomic E-state index is -0.523. The van der Waals surface area contributed by atoms with Gasteiger partial charge in [0, 0.05) is 13.6 Å². The molecule has 0 fully saturated rings. The molecule has 0 rings (SSSR count). The van der Waals surface area contributed by atoms with Crippen LogP contribution in [-0.4, -0.2) is 50.2 Å². The van der Waals surface area contributed by atoms with E-state index in [-0.39, 0.29) is 6.61 Å². The maximum absolute atomic E-state index is 11.4. The molecule has 0 aliphatic rings. The second-order valence-electron chi connectivity index (χ2n) is 4.21. The van der Waals surface area contributed by atoms with Crippen molar-refractivity contribution < 1.29 is 19.1 Å². The summed E-state index contributed by atoms with van der Waals surface area (Å²) in [4.78, 5) is 16.5. The number of ether oxygens (including phenoxy) is 2. The van der Waals surface area contributed by atoms with Crippen LogP contribution in [0.15, 0.2) is 0 Å². The Hall–Kier alpha value is -0.850. The third kappa shape index (κ3) is 8.46. The molecule has 0 spiro atoms. The van der Waals surface area contributed by atoms with Crippen molar-refractivity contribution in [1.82, 2.24) is 5.06 Å². The van der Waals surface area contributed by atoms with Crippen LogP contribution in [0.25, 0.3) is 0 Å². The Morgan fingerprint density at radius 2 is 1.88 bits per heavy atom. The highest BCUT2D eigenvalue weighted by atomic mass is 16.7. The van der Waals surface area contributed by atoms with Gasteiger partial charge < -0.3 is 15.2 Å². The molecule has 0 bridgehead atoms. The van der Waals surface area contributed by atoms with Gasteiger partial charge in [0.2, 0.25) is 0 Å². The molecule has 0 aromatic carbocycles. The van der Waals surface area contributed by atoms with E-state index >= 15 is 0 Å². The number of hydrogen-bond acceptors (Lipinski definition) is 5. The number of rotatable bonds is 6. The minimum Gasteiger partial charge on any atom is -0.442 e. The molecule has 6 nitrogen and oxygen atoms in total. The van der Waals surface area contributed by atoms with Crippen molar-refractivity contribution in [2.24, 2.45) is 5.73 Å². The zero-order valence-corrected chi connectivity index (χ0v) is 10.5. The third-order valence-corrected chi connectivity index (χ3v) is 1.43. The molecule has 0 saturated carbocycles. The molecule has 0 heterocycles. The minimum absolute atomic E-state index is 0.287. The van der Waals surface area contributed by atoms with Crippen LogP contribution in [0.5, 0.6) is 0 Å². The van der Waals surface area contributed by atoms with E-state index in [0.717, 1.165) is 5.06 Å². The Bertz CT molecular complexity index is 203. The normalized spacial score (nSPS) is 11.3. The van der Waals surface area contributed by atoms with Crippen molar-refractivity contribution in [3.63, 3.8) is 0 Å². The largest absolute Gasteiger partial charge is 0.442 e. The molecular formula is C10H22N2O4. The van der Waals surface area contributed by atoms with Crippen LogP contribution in [0.1, 0.15) is 20.8 Å². The lowest BCUT2D eigenvalue weighted by atomic mass is 10.2. The summed E-state index contributed by atoms with van der Waals surface area (Å²) in [6.07, 6.45) is -0.522. The topological polar surface area (TPSA) is 74.0 Å². The molecule has 0 radical (unpaired) electrons. The number of hydrogen-bond donors (Lipinski definition) is 1. The van der Waals surface area contributed by atoms with Crippen molar-refractivity contribution >= 4 is 6.09 Å². The first-order valence-corrected chi connectivity index (χ1v) is 5.24. The highest BCUT2D eigenvalue weighted by molar-refractivity contribution is 5.66. The Labute approximate surface area is 96.6 Å². The molecule has 0 aliphatic heterocycles. The van der Waals surface area contributed by atoms with Crippen LogP contribution < -0.4 is 5.73 Å². The molecule has 0 atom stereocenters. The number of nitrogens with two attached hydrogens (primary N) is 1. The molecule has 0 unspecified atom stereocenters. The molecule has 6 heteroatoms. The van der Waals surface area contributed by atoms with E-state index in [1.54, 1.807) is 20.8 Å². The van der Waals surface area contributed by atoms with Gasteiger partial charge in [0.1, 0.15) is 5.60 Å². The number of hydroxylamine groups is 2. The Morgan fingerprint density at radius 3 is 2.38 bits per heavy atom. The van der Waals surface area contributed by atoms with Crippen LogP contribution in [0.4, 0.5) is 4.79 Å². The van der Waals surface area contributed by atoms with E-state index in [0.29, 0.717) is 19.8 Å². The first-order chi connectivity index (χ1) is 7.37. The number of amides is 1. The van der Waals surface area contributed by atoms with E-state index in [2.05, 4.69) is 0 Å². The highest BCUT2D eigenvalue weighted by Crippen LogP contribution is 2.08. The Kier molecular flexibility index (Phi) is 7.03. The summed E-state index contributed by atoms with van der Waals surface area (Å²) in [6, 6.07) is 0. The lowest BCUT2D eigenvalue weighted by molar-refractivity contribution is -0.141. The predicted molar refractivity (Wildman–Crippen MR) is 59.8 cm³/mol. The van der Waals surface area contributed by atoms with Gasteiger partial charge in [-0.15, -0.1) is 0 Å². The van der Waals surface area contributed by atoms with Crippen molar-refractivity contribution in [3.8, 4) is 0 Å². The smallest absolute Gasteiger partial charge is 0.434 e. The monoisotopic (exact) mass is 234 g/mol. The van der Waals surface area contributed by atoms with Crippen LogP contribution in [0.3, 0.4) is 0 Å². The SMILES string of the molecule is CN(OCCOCCN)C(=O)OC(C)(C)C. The van der Waals surface area contributed by atoms with E-state index < -0.39 is 11.7 Å². The highest BCUT2D eigenvalue weighted by Gasteiger charge is 2.19. The van der Waals surface area contributed by atoms with Crippen LogP contribution in [0, 0.1) is 0 Å². The van der Waals surface area contributed by atoms with Gasteiger partial charge in [-0.05, 0) is 20.8 Å². The lowest BCUT2D eigenvalue weighted by Crippen LogP contribution is -2.35. The summed E-state index contributed by atoms with van der Waals surface area (Å²) >= 11 is 0. The average molecular weight is 234 g/mol. The molecular weight excluding hydrogens is 212 g/mol. The summed E-state index contributed by atoms with van der Waals surface area (Å²) in [5.41, 5.74) is 4.71. The van der Waals surface area contributed by atoms with Crippen LogP contribution in [0.2, 0.25) is 0 Å². The van der Waals surface area contributed by atoms with Crippen LogP contribution in [-0.2, 0) is 14.3 Å². The van der Waals surface area contributed by atoms with Gasteiger partial charge >= 0.3 is 6.09 Å². The van der Waals surface area contributed by atoms with Gasteiger partial charge in [-0.3, -0.25) is 4.84 Å². The van der Waals surface area contributed by atoms with Gasteiger partial charge in [0.15, 0.2) is 0 Å². The zero-order chi connectivity index (χ0) is 12.6. The number of nitrogens with zero attached hydrogens (tertiary/aromatic N) is 1. The van der Waals surface area contributed by atoms with Gasteiger partial charge in [0.25, 0.3) is 0 Å². The molecule has 16 heavy (non-hydrogen) atoms. The van der Waals surface area contributed by atoms with Crippen LogP contribution >= 0.6 is 0 Å². The molecule has 2 N–H and O–H groups in total. The standard InChI is InChI=1S/C10H22N2O4/c1-10(2,3)16-9(13)12(4)15-8-7-14-6-5-11/h5-8,11H2,1-4H3. The summed E-state index contributed by atoms with van der Waals surface area (Å²) in [5, 5.41) is 1.05. The summed E-state index contributed by atoms with van der Waals surface area (Å²) in [7, 11) is 1.50. The number of carbonyl (C=O) groups excluding carboxylic acids is 1. The molecule has 0 aromatic heterocycles. The maximum atomic E-state index is 11.4. The summed E-state index contributed by atoms with van der Waals surface area (Å²) in [5.74, 6) is 0. The van der Waals surface area contributed by atoms with E-state index in [1.165, 1.54) is 7.05 Å². The fourth-order valence-electron chi connectivity index (χ4n) is 0.797.